The number of carbonyl (C=O) groups is 1. The second kappa shape index (κ2) is 5.04. The van der Waals surface area contributed by atoms with Crippen LogP contribution in [0.15, 0.2) is 18.3 Å². The first kappa shape index (κ1) is 12.4. The van der Waals surface area contributed by atoms with E-state index in [0.29, 0.717) is 17.9 Å². The summed E-state index contributed by atoms with van der Waals surface area (Å²) in [5.41, 5.74) is -0.232. The minimum atomic E-state index is -0.592. The van der Waals surface area contributed by atoms with Crippen LogP contribution in [-0.4, -0.2) is 16.6 Å². The van der Waals surface area contributed by atoms with Crippen LogP contribution in [0.3, 0.4) is 0 Å². The monoisotopic (exact) mass is 254 g/mol. The van der Waals surface area contributed by atoms with Crippen molar-refractivity contribution in [1.82, 2.24) is 10.3 Å². The lowest BCUT2D eigenvalue weighted by atomic mass is 9.73. The van der Waals surface area contributed by atoms with Crippen LogP contribution in [0.5, 0.6) is 0 Å². The molecule has 1 heterocycles. The van der Waals surface area contributed by atoms with E-state index < -0.39 is 5.54 Å². The maximum Gasteiger partial charge on any atom is 0.221 e. The van der Waals surface area contributed by atoms with Crippen molar-refractivity contribution in [2.24, 2.45) is 0 Å². The first-order chi connectivity index (χ1) is 8.18. The molecule has 17 heavy (non-hydrogen) atoms. The Morgan fingerprint density at radius 3 is 2.88 bits per heavy atom. The summed E-state index contributed by atoms with van der Waals surface area (Å²) < 4.78 is 13.7. The van der Waals surface area contributed by atoms with Crippen LogP contribution < -0.4 is 5.32 Å². The van der Waals surface area contributed by atoms with E-state index in [2.05, 4.69) is 22.9 Å². The average Bonchev–Trinajstić information content (AvgIpc) is 2.25. The van der Waals surface area contributed by atoms with Crippen LogP contribution in [0.25, 0.3) is 0 Å². The molecule has 1 N–H and O–H groups in total. The highest BCUT2D eigenvalue weighted by atomic mass is 32.1. The maximum absolute atomic E-state index is 13.7. The average molecular weight is 254 g/mol. The number of amides is 1. The molecular weight excluding hydrogens is 239 g/mol. The van der Waals surface area contributed by atoms with Gasteiger partial charge in [0, 0.05) is 12.6 Å². The molecule has 5 heteroatoms. The molecule has 1 aliphatic carbocycles. The van der Waals surface area contributed by atoms with Gasteiger partial charge in [-0.25, -0.2) is 4.39 Å². The first-order valence-corrected chi connectivity index (χ1v) is 6.34. The number of carbonyl (C=O) groups excluding carboxylic acids is 1. The van der Waals surface area contributed by atoms with Crippen LogP contribution in [-0.2, 0) is 10.3 Å². The van der Waals surface area contributed by atoms with E-state index in [4.69, 9.17) is 0 Å². The van der Waals surface area contributed by atoms with Crippen LogP contribution in [0.4, 0.5) is 4.39 Å². The summed E-state index contributed by atoms with van der Waals surface area (Å²) in [4.78, 5) is 15.7. The Morgan fingerprint density at radius 1 is 1.59 bits per heavy atom. The predicted octanol–water partition coefficient (Wildman–Crippen LogP) is 2.04. The van der Waals surface area contributed by atoms with Gasteiger partial charge in [0.05, 0.1) is 5.54 Å². The minimum absolute atomic E-state index is 0.0928. The summed E-state index contributed by atoms with van der Waals surface area (Å²) in [6.07, 6.45) is 4.39. The summed E-state index contributed by atoms with van der Waals surface area (Å²) in [5.74, 6) is 0.0511. The van der Waals surface area contributed by atoms with E-state index in [0.717, 1.165) is 19.3 Å². The molecule has 1 aromatic rings. The van der Waals surface area contributed by atoms with Gasteiger partial charge < -0.3 is 5.32 Å². The summed E-state index contributed by atoms with van der Waals surface area (Å²) >= 11 is 4.01. The van der Waals surface area contributed by atoms with E-state index in [-0.39, 0.29) is 11.7 Å². The van der Waals surface area contributed by atoms with E-state index in [1.807, 2.05) is 0 Å². The first-order valence-electron chi connectivity index (χ1n) is 5.71. The Morgan fingerprint density at radius 2 is 2.35 bits per heavy atom. The highest BCUT2D eigenvalue weighted by Crippen LogP contribution is 2.41. The molecule has 1 amide bonds. The molecule has 0 radical (unpaired) electrons. The Balaban J connectivity index is 2.20. The van der Waals surface area contributed by atoms with Gasteiger partial charge >= 0.3 is 0 Å². The molecule has 0 aromatic carbocycles. The van der Waals surface area contributed by atoms with Gasteiger partial charge in [-0.2, -0.15) is 12.6 Å². The number of hydrogen-bond acceptors (Lipinski definition) is 3. The second-order valence-corrected chi connectivity index (χ2v) is 4.74. The molecule has 0 saturated heterocycles. The Labute approximate surface area is 105 Å². The van der Waals surface area contributed by atoms with Crippen molar-refractivity contribution in [3.8, 4) is 0 Å². The molecular formula is C12H15FN2OS. The molecule has 0 unspecified atom stereocenters. The summed E-state index contributed by atoms with van der Waals surface area (Å²) in [6, 6.07) is 2.94. The van der Waals surface area contributed by atoms with Crippen molar-refractivity contribution < 1.29 is 9.18 Å². The summed E-state index contributed by atoms with van der Waals surface area (Å²) in [5, 5.41) is 2.90. The van der Waals surface area contributed by atoms with E-state index >= 15 is 0 Å². The summed E-state index contributed by atoms with van der Waals surface area (Å²) in [6.45, 7) is 0. The predicted molar refractivity (Wildman–Crippen MR) is 66.3 cm³/mol. The Hall–Kier alpha value is -1.10. The number of halogens is 1. The maximum atomic E-state index is 13.7. The molecule has 92 valence electrons. The molecule has 1 saturated carbocycles. The van der Waals surface area contributed by atoms with Crippen LogP contribution >= 0.6 is 12.6 Å². The highest BCUT2D eigenvalue weighted by molar-refractivity contribution is 7.80. The number of rotatable bonds is 4. The van der Waals surface area contributed by atoms with Gasteiger partial charge in [0.1, 0.15) is 11.5 Å². The van der Waals surface area contributed by atoms with Crippen LogP contribution in [0.2, 0.25) is 0 Å². The molecule has 2 rings (SSSR count). The van der Waals surface area contributed by atoms with Crippen molar-refractivity contribution in [3.63, 3.8) is 0 Å². The molecule has 0 aliphatic heterocycles. The topological polar surface area (TPSA) is 42.0 Å². The Bertz CT molecular complexity index is 421. The van der Waals surface area contributed by atoms with Gasteiger partial charge in [0.2, 0.25) is 5.91 Å². The van der Waals surface area contributed by atoms with E-state index in [1.165, 1.54) is 6.07 Å². The molecule has 0 spiro atoms. The standard InChI is InChI=1S/C12H15FN2OS/c13-9-3-1-7-14-11(9)12(5-2-6-12)15-10(16)4-8-17/h1,3,7,17H,2,4-6,8H2,(H,15,16). The highest BCUT2D eigenvalue weighted by Gasteiger charge is 2.42. The zero-order valence-corrected chi connectivity index (χ0v) is 10.3. The smallest absolute Gasteiger partial charge is 0.221 e. The van der Waals surface area contributed by atoms with Gasteiger partial charge in [-0.05, 0) is 37.1 Å². The van der Waals surface area contributed by atoms with Crippen LogP contribution in [0.1, 0.15) is 31.4 Å². The number of nitrogens with zero attached hydrogens (tertiary/aromatic N) is 1. The number of thiol groups is 1. The van der Waals surface area contributed by atoms with Crippen molar-refractivity contribution in [2.75, 3.05) is 5.75 Å². The summed E-state index contributed by atoms with van der Waals surface area (Å²) in [7, 11) is 0. The third kappa shape index (κ3) is 2.44. The van der Waals surface area contributed by atoms with Gasteiger partial charge in [0.25, 0.3) is 0 Å². The normalized spacial score (nSPS) is 17.3. The second-order valence-electron chi connectivity index (χ2n) is 4.29. The third-order valence-electron chi connectivity index (χ3n) is 3.14. The molecule has 0 atom stereocenters. The van der Waals surface area contributed by atoms with Gasteiger partial charge in [-0.3, -0.25) is 9.78 Å². The van der Waals surface area contributed by atoms with Crippen molar-refractivity contribution in [2.45, 2.75) is 31.2 Å². The van der Waals surface area contributed by atoms with Gasteiger partial charge in [0.15, 0.2) is 0 Å². The fourth-order valence-corrected chi connectivity index (χ4v) is 2.32. The fraction of sp³-hybridized carbons (Fsp3) is 0.500. The molecule has 1 fully saturated rings. The number of aromatic nitrogens is 1. The SMILES string of the molecule is O=C(CCS)NC1(c2ncccc2F)CCC1. The van der Waals surface area contributed by atoms with E-state index in [1.54, 1.807) is 12.3 Å². The van der Waals surface area contributed by atoms with E-state index in [9.17, 15) is 9.18 Å². The van der Waals surface area contributed by atoms with Crippen molar-refractivity contribution in [3.05, 3.63) is 29.8 Å². The number of pyridine rings is 1. The zero-order valence-electron chi connectivity index (χ0n) is 9.45. The number of hydrogen-bond donors (Lipinski definition) is 2. The molecule has 0 bridgehead atoms. The van der Waals surface area contributed by atoms with Crippen LogP contribution in [0, 0.1) is 5.82 Å². The van der Waals surface area contributed by atoms with Gasteiger partial charge in [-0.15, -0.1) is 0 Å². The lowest BCUT2D eigenvalue weighted by molar-refractivity contribution is -0.124. The van der Waals surface area contributed by atoms with Gasteiger partial charge in [-0.1, -0.05) is 0 Å². The number of nitrogens with one attached hydrogen (secondary N) is 1. The molecule has 3 nitrogen and oxygen atoms in total. The Kier molecular flexibility index (Phi) is 3.66. The zero-order chi connectivity index (χ0) is 12.3. The minimum Gasteiger partial charge on any atom is -0.345 e. The fourth-order valence-electron chi connectivity index (χ4n) is 2.12. The lowest BCUT2D eigenvalue weighted by Crippen LogP contribution is -2.51. The lowest BCUT2D eigenvalue weighted by Gasteiger charge is -2.42. The molecule has 1 aliphatic rings. The largest absolute Gasteiger partial charge is 0.345 e. The quantitative estimate of drug-likeness (QED) is 0.807. The van der Waals surface area contributed by atoms with Crippen molar-refractivity contribution >= 4 is 18.5 Å². The molecule has 1 aromatic heterocycles. The third-order valence-corrected chi connectivity index (χ3v) is 3.36. The van der Waals surface area contributed by atoms with Crippen molar-refractivity contribution in [1.29, 1.82) is 0 Å².